The van der Waals surface area contributed by atoms with Gasteiger partial charge < -0.3 is 19.7 Å². The van der Waals surface area contributed by atoms with E-state index >= 15 is 0 Å². The molecule has 0 saturated carbocycles. The summed E-state index contributed by atoms with van der Waals surface area (Å²) in [6.45, 7) is 1.71. The second kappa shape index (κ2) is 8.51. The molecule has 0 bridgehead atoms. The number of aliphatic hydroxyl groups excluding tert-OH is 3. The number of hydrogen-bond donors (Lipinski definition) is 3. The van der Waals surface area contributed by atoms with E-state index in [0.717, 1.165) is 11.1 Å². The van der Waals surface area contributed by atoms with Crippen LogP contribution in [0, 0.1) is 0 Å². The van der Waals surface area contributed by atoms with Crippen molar-refractivity contribution in [2.24, 2.45) is 0 Å². The average Bonchev–Trinajstić information content (AvgIpc) is 3.04. The standard InChI is InChI=1S/C19H22O4/c1-14(12-18(22)15-7-3-2-4-8-15)6-5-9-17(21)19-11-10-16(13-20)23-19/h2-5,7-8,10-11,17-18,20-22H,9,12-13H2,1H3/t6?,17-,18-/m1/s1. The molecule has 0 fully saturated rings. The van der Waals surface area contributed by atoms with Gasteiger partial charge in [-0.3, -0.25) is 0 Å². The van der Waals surface area contributed by atoms with Gasteiger partial charge in [0, 0.05) is 12.8 Å². The fourth-order valence-electron chi connectivity index (χ4n) is 2.26. The van der Waals surface area contributed by atoms with Crippen LogP contribution >= 0.6 is 0 Å². The molecule has 0 saturated heterocycles. The summed E-state index contributed by atoms with van der Waals surface area (Å²) in [6, 6.07) is 12.8. The first-order valence-corrected chi connectivity index (χ1v) is 7.61. The molecule has 4 nitrogen and oxygen atoms in total. The van der Waals surface area contributed by atoms with Crippen LogP contribution in [0.1, 0.15) is 49.1 Å². The van der Waals surface area contributed by atoms with E-state index in [2.05, 4.69) is 5.73 Å². The molecule has 2 aromatic rings. The van der Waals surface area contributed by atoms with E-state index in [1.54, 1.807) is 18.2 Å². The third-order valence-electron chi connectivity index (χ3n) is 3.54. The van der Waals surface area contributed by atoms with E-state index in [4.69, 9.17) is 9.52 Å². The largest absolute Gasteiger partial charge is 0.461 e. The lowest BCUT2D eigenvalue weighted by Gasteiger charge is -2.09. The van der Waals surface area contributed by atoms with Crippen LogP contribution in [0.25, 0.3) is 0 Å². The molecule has 0 radical (unpaired) electrons. The Bertz CT molecular complexity index is 666. The molecular weight excluding hydrogens is 292 g/mol. The minimum Gasteiger partial charge on any atom is -0.461 e. The van der Waals surface area contributed by atoms with Crippen LogP contribution in [0.5, 0.6) is 0 Å². The Labute approximate surface area is 136 Å². The van der Waals surface area contributed by atoms with Crippen molar-refractivity contribution in [1.29, 1.82) is 0 Å². The number of benzene rings is 1. The van der Waals surface area contributed by atoms with Gasteiger partial charge in [0.15, 0.2) is 0 Å². The summed E-state index contributed by atoms with van der Waals surface area (Å²) in [5, 5.41) is 29.1. The molecule has 0 aliphatic heterocycles. The lowest BCUT2D eigenvalue weighted by atomic mass is 10.0. The Kier molecular flexibility index (Phi) is 6.39. The highest BCUT2D eigenvalue weighted by molar-refractivity contribution is 5.19. The molecule has 0 aliphatic rings. The molecule has 0 unspecified atom stereocenters. The average molecular weight is 314 g/mol. The number of hydrogen-bond acceptors (Lipinski definition) is 4. The highest BCUT2D eigenvalue weighted by Gasteiger charge is 2.10. The molecule has 2 atom stereocenters. The molecular formula is C19H22O4. The van der Waals surface area contributed by atoms with E-state index < -0.39 is 12.2 Å². The zero-order valence-corrected chi connectivity index (χ0v) is 13.1. The molecule has 23 heavy (non-hydrogen) atoms. The summed E-state index contributed by atoms with van der Waals surface area (Å²) in [5.74, 6) is 0.856. The topological polar surface area (TPSA) is 73.8 Å². The van der Waals surface area contributed by atoms with Crippen LogP contribution < -0.4 is 0 Å². The Morgan fingerprint density at radius 2 is 1.87 bits per heavy atom. The molecule has 1 aromatic carbocycles. The highest BCUT2D eigenvalue weighted by Crippen LogP contribution is 2.21. The summed E-state index contributed by atoms with van der Waals surface area (Å²) >= 11 is 0. The van der Waals surface area contributed by atoms with Gasteiger partial charge in [0.25, 0.3) is 0 Å². The van der Waals surface area contributed by atoms with Crippen LogP contribution in [0.15, 0.2) is 64.3 Å². The first-order valence-electron chi connectivity index (χ1n) is 7.61. The van der Waals surface area contributed by atoms with Gasteiger partial charge in [0.1, 0.15) is 24.2 Å². The number of rotatable bonds is 7. The van der Waals surface area contributed by atoms with Gasteiger partial charge in [0.05, 0.1) is 6.10 Å². The summed E-state index contributed by atoms with van der Waals surface area (Å²) < 4.78 is 5.28. The van der Waals surface area contributed by atoms with Crippen molar-refractivity contribution in [3.05, 3.63) is 76.9 Å². The van der Waals surface area contributed by atoms with Crippen LogP contribution in [0.3, 0.4) is 0 Å². The minimum atomic E-state index is -0.769. The van der Waals surface area contributed by atoms with Crippen molar-refractivity contribution in [3.63, 3.8) is 0 Å². The molecule has 0 amide bonds. The first-order chi connectivity index (χ1) is 11.1. The Morgan fingerprint density at radius 3 is 2.52 bits per heavy atom. The number of aliphatic hydroxyl groups is 3. The summed E-state index contributed by atoms with van der Waals surface area (Å²) in [5.41, 5.74) is 4.87. The fourth-order valence-corrected chi connectivity index (χ4v) is 2.26. The first kappa shape index (κ1) is 17.3. The summed E-state index contributed by atoms with van der Waals surface area (Å²) in [7, 11) is 0. The van der Waals surface area contributed by atoms with Gasteiger partial charge in [-0.05, 0) is 36.3 Å². The normalized spacial score (nSPS) is 13.2. The van der Waals surface area contributed by atoms with Gasteiger partial charge in [-0.1, -0.05) is 30.3 Å². The second-order valence-corrected chi connectivity index (χ2v) is 5.47. The zero-order valence-electron chi connectivity index (χ0n) is 13.1. The van der Waals surface area contributed by atoms with Crippen LogP contribution in [0.2, 0.25) is 0 Å². The van der Waals surface area contributed by atoms with Gasteiger partial charge in [-0.25, -0.2) is 0 Å². The van der Waals surface area contributed by atoms with Crippen LogP contribution in [-0.2, 0) is 6.61 Å². The van der Waals surface area contributed by atoms with E-state index in [1.807, 2.05) is 37.3 Å². The van der Waals surface area contributed by atoms with Crippen molar-refractivity contribution in [2.45, 2.75) is 38.6 Å². The molecule has 0 aliphatic carbocycles. The predicted octanol–water partition coefficient (Wildman–Crippen LogP) is 3.42. The third kappa shape index (κ3) is 5.23. The van der Waals surface area contributed by atoms with Gasteiger partial charge in [-0.2, -0.15) is 0 Å². The SMILES string of the molecule is CC(=C=CC[C@@H](O)c1ccc(CO)o1)C[C@@H](O)c1ccccc1. The molecule has 0 spiro atoms. The zero-order chi connectivity index (χ0) is 16.7. The van der Waals surface area contributed by atoms with Crippen LogP contribution in [-0.4, -0.2) is 15.3 Å². The monoisotopic (exact) mass is 314 g/mol. The quantitative estimate of drug-likeness (QED) is 0.685. The molecule has 2 rings (SSSR count). The van der Waals surface area contributed by atoms with E-state index in [9.17, 15) is 10.2 Å². The lowest BCUT2D eigenvalue weighted by Crippen LogP contribution is -1.97. The Morgan fingerprint density at radius 1 is 1.13 bits per heavy atom. The predicted molar refractivity (Wildman–Crippen MR) is 87.5 cm³/mol. The maximum absolute atomic E-state index is 10.1. The molecule has 122 valence electrons. The fraction of sp³-hybridized carbons (Fsp3) is 0.316. The van der Waals surface area contributed by atoms with Crippen LogP contribution in [0.4, 0.5) is 0 Å². The van der Waals surface area contributed by atoms with Gasteiger partial charge in [-0.15, -0.1) is 5.73 Å². The van der Waals surface area contributed by atoms with Gasteiger partial charge >= 0.3 is 0 Å². The minimum absolute atomic E-state index is 0.182. The Hall–Kier alpha value is -2.10. The molecule has 3 N–H and O–H groups in total. The highest BCUT2D eigenvalue weighted by atomic mass is 16.4. The maximum atomic E-state index is 10.1. The number of furan rings is 1. The smallest absolute Gasteiger partial charge is 0.133 e. The van der Waals surface area contributed by atoms with E-state index in [-0.39, 0.29) is 6.61 Å². The molecule has 1 heterocycles. The Balaban J connectivity index is 1.91. The van der Waals surface area contributed by atoms with Crippen molar-refractivity contribution < 1.29 is 19.7 Å². The van der Waals surface area contributed by atoms with Crippen molar-refractivity contribution in [1.82, 2.24) is 0 Å². The van der Waals surface area contributed by atoms with Crippen molar-refractivity contribution >= 4 is 0 Å². The second-order valence-electron chi connectivity index (χ2n) is 5.47. The molecule has 1 aromatic heterocycles. The third-order valence-corrected chi connectivity index (χ3v) is 3.54. The van der Waals surface area contributed by atoms with E-state index in [0.29, 0.717) is 24.4 Å². The van der Waals surface area contributed by atoms with Crippen molar-refractivity contribution in [2.75, 3.05) is 0 Å². The lowest BCUT2D eigenvalue weighted by molar-refractivity contribution is 0.145. The summed E-state index contributed by atoms with van der Waals surface area (Å²) in [6.07, 6.45) is 1.26. The molecule has 4 heteroatoms. The maximum Gasteiger partial charge on any atom is 0.133 e. The van der Waals surface area contributed by atoms with Gasteiger partial charge in [0.2, 0.25) is 0 Å². The van der Waals surface area contributed by atoms with E-state index in [1.165, 1.54) is 0 Å². The summed E-state index contributed by atoms with van der Waals surface area (Å²) in [4.78, 5) is 0. The van der Waals surface area contributed by atoms with Crippen molar-refractivity contribution in [3.8, 4) is 0 Å².